The maximum Gasteiger partial charge on any atom is 0.251 e. The third kappa shape index (κ3) is 3.15. The van der Waals surface area contributed by atoms with Gasteiger partial charge in [-0.25, -0.2) is 8.78 Å². The van der Waals surface area contributed by atoms with Crippen LogP contribution in [0.5, 0.6) is 11.5 Å². The van der Waals surface area contributed by atoms with Crippen molar-refractivity contribution in [3.8, 4) is 11.5 Å². The van der Waals surface area contributed by atoms with Crippen LogP contribution >= 0.6 is 0 Å². The zero-order valence-corrected chi connectivity index (χ0v) is 11.2. The number of benzene rings is 1. The molecule has 106 valence electrons. The second-order valence-corrected chi connectivity index (χ2v) is 4.72. The van der Waals surface area contributed by atoms with Crippen molar-refractivity contribution < 1.29 is 18.3 Å². The first-order chi connectivity index (χ1) is 9.15. The lowest BCUT2D eigenvalue weighted by molar-refractivity contribution is 0.0990. The van der Waals surface area contributed by atoms with Crippen molar-refractivity contribution >= 4 is 0 Å². The number of nitrogens with zero attached hydrogens (tertiary/aromatic N) is 1. The van der Waals surface area contributed by atoms with Crippen molar-refractivity contribution in [3.05, 3.63) is 23.8 Å². The van der Waals surface area contributed by atoms with Gasteiger partial charge >= 0.3 is 0 Å². The first-order valence-corrected chi connectivity index (χ1v) is 6.37. The van der Waals surface area contributed by atoms with E-state index in [1.807, 2.05) is 18.2 Å². The molecule has 1 unspecified atom stereocenters. The molecule has 1 atom stereocenters. The highest BCUT2D eigenvalue weighted by atomic mass is 19.3. The maximum atomic E-state index is 12.4. The Labute approximate surface area is 112 Å². The highest BCUT2D eigenvalue weighted by Crippen LogP contribution is 2.39. The Balaban J connectivity index is 2.15. The van der Waals surface area contributed by atoms with E-state index in [1.165, 1.54) is 0 Å². The van der Waals surface area contributed by atoms with E-state index >= 15 is 0 Å². The minimum atomic E-state index is -2.27. The van der Waals surface area contributed by atoms with Crippen LogP contribution in [-0.2, 0) is 0 Å². The summed E-state index contributed by atoms with van der Waals surface area (Å²) in [5.41, 5.74) is 1.04. The van der Waals surface area contributed by atoms with Gasteiger partial charge < -0.3 is 9.47 Å². The van der Waals surface area contributed by atoms with E-state index in [9.17, 15) is 8.78 Å². The van der Waals surface area contributed by atoms with Gasteiger partial charge in [0.05, 0.1) is 20.8 Å². The molecule has 2 rings (SSSR count). The van der Waals surface area contributed by atoms with Gasteiger partial charge in [0.15, 0.2) is 11.5 Å². The van der Waals surface area contributed by atoms with Crippen molar-refractivity contribution in [2.45, 2.75) is 18.8 Å². The number of alkyl halides is 2. The van der Waals surface area contributed by atoms with E-state index < -0.39 is 6.43 Å². The molecule has 5 heteroatoms. The number of hydrogen-bond acceptors (Lipinski definition) is 3. The normalized spacial score (nSPS) is 19.9. The van der Waals surface area contributed by atoms with Crippen molar-refractivity contribution in [2.24, 2.45) is 0 Å². The predicted octanol–water partition coefficient (Wildman–Crippen LogP) is 2.76. The Morgan fingerprint density at radius 1 is 1.32 bits per heavy atom. The van der Waals surface area contributed by atoms with Gasteiger partial charge in [-0.15, -0.1) is 0 Å². The van der Waals surface area contributed by atoms with Gasteiger partial charge in [0.1, 0.15) is 0 Å². The number of likely N-dealkylation sites (tertiary alicyclic amines) is 1. The number of para-hydroxylation sites is 1. The summed E-state index contributed by atoms with van der Waals surface area (Å²) in [7, 11) is 3.20. The lowest BCUT2D eigenvalue weighted by Gasteiger charge is -2.18. The van der Waals surface area contributed by atoms with E-state index in [-0.39, 0.29) is 12.5 Å². The molecule has 0 amide bonds. The van der Waals surface area contributed by atoms with Gasteiger partial charge in [-0.3, -0.25) is 4.90 Å². The largest absolute Gasteiger partial charge is 0.493 e. The fourth-order valence-corrected chi connectivity index (χ4v) is 2.68. The minimum Gasteiger partial charge on any atom is -0.493 e. The number of hydrogen-bond donors (Lipinski definition) is 0. The van der Waals surface area contributed by atoms with Crippen molar-refractivity contribution in [1.29, 1.82) is 0 Å². The molecule has 3 nitrogen and oxygen atoms in total. The monoisotopic (exact) mass is 271 g/mol. The van der Waals surface area contributed by atoms with E-state index in [0.717, 1.165) is 12.0 Å². The fraction of sp³-hybridized carbons (Fsp3) is 0.571. The van der Waals surface area contributed by atoms with Crippen LogP contribution in [0.2, 0.25) is 0 Å². The molecule has 0 saturated carbocycles. The quantitative estimate of drug-likeness (QED) is 0.822. The molecule has 1 heterocycles. The molecule has 19 heavy (non-hydrogen) atoms. The highest BCUT2D eigenvalue weighted by molar-refractivity contribution is 5.48. The molecular formula is C14H19F2NO2. The topological polar surface area (TPSA) is 21.7 Å². The molecule has 1 aliphatic rings. The zero-order chi connectivity index (χ0) is 13.8. The smallest absolute Gasteiger partial charge is 0.251 e. The summed E-state index contributed by atoms with van der Waals surface area (Å²) >= 11 is 0. The van der Waals surface area contributed by atoms with Crippen LogP contribution in [0, 0.1) is 0 Å². The average molecular weight is 271 g/mol. The third-order valence-corrected chi connectivity index (χ3v) is 3.54. The second kappa shape index (κ2) is 6.19. The SMILES string of the molecule is COc1cccc(C2CCN(CC(F)F)C2)c1OC. The summed E-state index contributed by atoms with van der Waals surface area (Å²) in [4.78, 5) is 1.80. The molecule has 1 aliphatic heterocycles. The van der Waals surface area contributed by atoms with E-state index in [2.05, 4.69) is 0 Å². The Hall–Kier alpha value is -1.36. The van der Waals surface area contributed by atoms with Crippen LogP contribution in [0.3, 0.4) is 0 Å². The Morgan fingerprint density at radius 3 is 2.74 bits per heavy atom. The van der Waals surface area contributed by atoms with Gasteiger partial charge in [-0.05, 0) is 19.0 Å². The summed E-state index contributed by atoms with van der Waals surface area (Å²) in [5, 5.41) is 0. The van der Waals surface area contributed by atoms with Crippen LogP contribution < -0.4 is 9.47 Å². The highest BCUT2D eigenvalue weighted by Gasteiger charge is 2.28. The molecule has 0 N–H and O–H groups in total. The summed E-state index contributed by atoms with van der Waals surface area (Å²) in [6, 6.07) is 5.73. The van der Waals surface area contributed by atoms with Gasteiger partial charge in [0.25, 0.3) is 6.43 Å². The Morgan fingerprint density at radius 2 is 2.11 bits per heavy atom. The van der Waals surface area contributed by atoms with Gasteiger partial charge in [-0.2, -0.15) is 0 Å². The van der Waals surface area contributed by atoms with Crippen molar-refractivity contribution in [3.63, 3.8) is 0 Å². The molecule has 0 bridgehead atoms. The predicted molar refractivity (Wildman–Crippen MR) is 69.3 cm³/mol. The van der Waals surface area contributed by atoms with Crippen LogP contribution in [0.15, 0.2) is 18.2 Å². The van der Waals surface area contributed by atoms with Gasteiger partial charge in [-0.1, -0.05) is 12.1 Å². The molecule has 0 aromatic heterocycles. The maximum absolute atomic E-state index is 12.4. The van der Waals surface area contributed by atoms with Crippen LogP contribution in [0.25, 0.3) is 0 Å². The Kier molecular flexibility index (Phi) is 4.58. The van der Waals surface area contributed by atoms with Crippen LogP contribution in [-0.4, -0.2) is 45.2 Å². The lowest BCUT2D eigenvalue weighted by atomic mass is 9.97. The molecule has 1 aromatic rings. The average Bonchev–Trinajstić information content (AvgIpc) is 2.85. The van der Waals surface area contributed by atoms with E-state index in [1.54, 1.807) is 19.1 Å². The number of halogens is 2. The number of ether oxygens (including phenoxy) is 2. The summed E-state index contributed by atoms with van der Waals surface area (Å²) in [6.07, 6.45) is -1.40. The third-order valence-electron chi connectivity index (χ3n) is 3.54. The molecule has 1 saturated heterocycles. The lowest BCUT2D eigenvalue weighted by Crippen LogP contribution is -2.26. The zero-order valence-electron chi connectivity index (χ0n) is 11.2. The van der Waals surface area contributed by atoms with Gasteiger partial charge in [0, 0.05) is 18.0 Å². The molecule has 1 fully saturated rings. The van der Waals surface area contributed by atoms with Crippen LogP contribution in [0.4, 0.5) is 8.78 Å². The number of rotatable bonds is 5. The molecule has 0 radical (unpaired) electrons. The molecule has 0 aliphatic carbocycles. The Bertz CT molecular complexity index is 426. The molecular weight excluding hydrogens is 252 g/mol. The summed E-state index contributed by atoms with van der Waals surface area (Å²) in [6.45, 7) is 1.20. The summed E-state index contributed by atoms with van der Waals surface area (Å²) < 4.78 is 35.5. The van der Waals surface area contributed by atoms with E-state index in [4.69, 9.17) is 9.47 Å². The van der Waals surface area contributed by atoms with Gasteiger partial charge in [0.2, 0.25) is 0 Å². The summed E-state index contributed by atoms with van der Waals surface area (Å²) in [5.74, 6) is 1.63. The first-order valence-electron chi connectivity index (χ1n) is 6.37. The van der Waals surface area contributed by atoms with E-state index in [0.29, 0.717) is 24.6 Å². The fourth-order valence-electron chi connectivity index (χ4n) is 2.68. The first kappa shape index (κ1) is 14.1. The van der Waals surface area contributed by atoms with Crippen LogP contribution in [0.1, 0.15) is 17.9 Å². The standard InChI is InChI=1S/C14H19F2NO2/c1-18-12-5-3-4-11(14(12)19-2)10-6-7-17(8-10)9-13(15)16/h3-5,10,13H,6-9H2,1-2H3. The molecule has 1 aromatic carbocycles. The minimum absolute atomic E-state index is 0.150. The molecule has 0 spiro atoms. The van der Waals surface area contributed by atoms with Crippen molar-refractivity contribution in [1.82, 2.24) is 4.90 Å². The number of methoxy groups -OCH3 is 2. The van der Waals surface area contributed by atoms with Crippen molar-refractivity contribution in [2.75, 3.05) is 33.9 Å². The second-order valence-electron chi connectivity index (χ2n) is 4.72.